The molecule has 0 spiro atoms. The maximum atomic E-state index is 5.10. The monoisotopic (exact) mass is 128 g/mol. The van der Waals surface area contributed by atoms with Crippen molar-refractivity contribution in [3.8, 4) is 0 Å². The van der Waals surface area contributed by atoms with Crippen molar-refractivity contribution in [1.29, 1.82) is 0 Å². The maximum absolute atomic E-state index is 5.10. The third kappa shape index (κ3) is 7.17. The van der Waals surface area contributed by atoms with Gasteiger partial charge in [-0.25, -0.2) is 0 Å². The molecule has 3 heteroatoms. The van der Waals surface area contributed by atoms with Crippen LogP contribution in [0.5, 0.6) is 0 Å². The van der Waals surface area contributed by atoms with Crippen LogP contribution in [0.3, 0.4) is 0 Å². The van der Waals surface area contributed by atoms with Gasteiger partial charge in [0.05, 0.1) is 6.21 Å². The molecule has 0 heterocycles. The molecule has 0 aliphatic heterocycles. The van der Waals surface area contributed by atoms with E-state index >= 15 is 0 Å². The summed E-state index contributed by atoms with van der Waals surface area (Å²) < 4.78 is 0. The lowest BCUT2D eigenvalue weighted by molar-refractivity contribution is 0.176. The zero-order valence-electron chi connectivity index (χ0n) is 5.58. The van der Waals surface area contributed by atoms with Gasteiger partial charge in [0.1, 0.15) is 6.61 Å². The highest BCUT2D eigenvalue weighted by molar-refractivity contribution is 5.58. The Morgan fingerprint density at radius 3 is 3.00 bits per heavy atom. The molecule has 2 N–H and O–H groups in total. The van der Waals surface area contributed by atoms with Gasteiger partial charge >= 0.3 is 0 Å². The molecular weight excluding hydrogens is 116 g/mol. The van der Waals surface area contributed by atoms with Gasteiger partial charge in [-0.15, -0.1) is 0 Å². The lowest BCUT2D eigenvalue weighted by atomic mass is 10.6. The highest BCUT2D eigenvalue weighted by Gasteiger charge is 1.70. The molecule has 0 aliphatic rings. The summed E-state index contributed by atoms with van der Waals surface area (Å²) in [4.78, 5) is 4.72. The van der Waals surface area contributed by atoms with Crippen molar-refractivity contribution in [2.24, 2.45) is 10.9 Å². The van der Waals surface area contributed by atoms with E-state index in [4.69, 9.17) is 10.6 Å². The second-order valence-electron chi connectivity index (χ2n) is 1.39. The van der Waals surface area contributed by atoms with E-state index in [0.29, 0.717) is 13.2 Å². The average molecular weight is 128 g/mol. The molecule has 9 heavy (non-hydrogen) atoms. The van der Waals surface area contributed by atoms with Crippen LogP contribution in [0.15, 0.2) is 17.3 Å². The van der Waals surface area contributed by atoms with Crippen LogP contribution in [0, 0.1) is 0 Å². The lowest BCUT2D eigenvalue weighted by Gasteiger charge is -1.88. The predicted octanol–water partition coefficient (Wildman–Crippen LogP) is 0.524. The number of hydrogen-bond acceptors (Lipinski definition) is 3. The van der Waals surface area contributed by atoms with E-state index in [9.17, 15) is 0 Å². The van der Waals surface area contributed by atoms with E-state index in [2.05, 4.69) is 5.16 Å². The van der Waals surface area contributed by atoms with Gasteiger partial charge in [0.15, 0.2) is 0 Å². The Hall–Kier alpha value is -0.830. The van der Waals surface area contributed by atoms with Gasteiger partial charge in [0.25, 0.3) is 0 Å². The first-order valence-corrected chi connectivity index (χ1v) is 2.86. The van der Waals surface area contributed by atoms with Gasteiger partial charge in [-0.05, 0) is 13.0 Å². The first-order chi connectivity index (χ1) is 4.41. The molecule has 3 nitrogen and oxygen atoms in total. The molecule has 0 fully saturated rings. The first-order valence-electron chi connectivity index (χ1n) is 2.86. The van der Waals surface area contributed by atoms with Gasteiger partial charge in [0.2, 0.25) is 0 Å². The number of nitrogens with zero attached hydrogens (tertiary/aromatic N) is 1. The Kier molecular flexibility index (Phi) is 6.51. The summed E-state index contributed by atoms with van der Waals surface area (Å²) in [5, 5.41) is 3.53. The second kappa shape index (κ2) is 7.17. The minimum Gasteiger partial charge on any atom is -0.392 e. The summed E-state index contributed by atoms with van der Waals surface area (Å²) in [6.45, 7) is 2.87. The fourth-order valence-corrected chi connectivity index (χ4v) is 0.278. The van der Waals surface area contributed by atoms with Crippen LogP contribution >= 0.6 is 0 Å². The summed E-state index contributed by atoms with van der Waals surface area (Å²) >= 11 is 0. The van der Waals surface area contributed by atoms with Crippen LogP contribution in [-0.2, 0) is 4.84 Å². The van der Waals surface area contributed by atoms with E-state index in [0.717, 1.165) is 0 Å². The molecule has 0 bridgehead atoms. The number of hydrogen-bond donors (Lipinski definition) is 1. The van der Waals surface area contributed by atoms with Crippen LogP contribution in [0.25, 0.3) is 0 Å². The molecule has 0 aromatic heterocycles. The van der Waals surface area contributed by atoms with Crippen molar-refractivity contribution in [2.45, 2.75) is 6.92 Å². The fraction of sp³-hybridized carbons (Fsp3) is 0.500. The molecule has 0 radical (unpaired) electrons. The molecule has 0 aromatic rings. The van der Waals surface area contributed by atoms with Crippen molar-refractivity contribution in [2.75, 3.05) is 13.2 Å². The molecule has 52 valence electrons. The van der Waals surface area contributed by atoms with E-state index in [1.54, 1.807) is 0 Å². The summed E-state index contributed by atoms with van der Waals surface area (Å²) in [6.07, 6.45) is 5.29. The van der Waals surface area contributed by atoms with Crippen molar-refractivity contribution in [3.63, 3.8) is 0 Å². The van der Waals surface area contributed by atoms with Crippen molar-refractivity contribution < 1.29 is 4.84 Å². The summed E-state index contributed by atoms with van der Waals surface area (Å²) in [5.74, 6) is 0. The highest BCUT2D eigenvalue weighted by Crippen LogP contribution is 1.75. The number of allylic oxidation sites excluding steroid dienone is 1. The Morgan fingerprint density at radius 2 is 2.44 bits per heavy atom. The molecule has 0 saturated carbocycles. The molecular formula is C6H12N2O. The van der Waals surface area contributed by atoms with E-state index in [1.807, 2.05) is 19.1 Å². The molecule has 0 amide bonds. The third-order valence-electron chi connectivity index (χ3n) is 0.661. The second-order valence-corrected chi connectivity index (χ2v) is 1.39. The first kappa shape index (κ1) is 8.17. The quantitative estimate of drug-likeness (QED) is 0.260. The number of oxime groups is 1. The molecule has 0 aromatic carbocycles. The van der Waals surface area contributed by atoms with Crippen molar-refractivity contribution in [3.05, 3.63) is 12.2 Å². The molecule has 0 saturated heterocycles. The predicted molar refractivity (Wildman–Crippen MR) is 38.3 cm³/mol. The number of nitrogens with two attached hydrogens (primary N) is 1. The summed E-state index contributed by atoms with van der Waals surface area (Å²) in [6, 6.07) is 0. The number of rotatable bonds is 4. The third-order valence-corrected chi connectivity index (χ3v) is 0.661. The zero-order chi connectivity index (χ0) is 6.95. The SMILES string of the molecule is C/C=C/CO/N=C/CN. The van der Waals surface area contributed by atoms with Crippen LogP contribution in [0.1, 0.15) is 6.92 Å². The minimum atomic E-state index is 0.426. The van der Waals surface area contributed by atoms with E-state index in [1.165, 1.54) is 6.21 Å². The minimum absolute atomic E-state index is 0.426. The van der Waals surface area contributed by atoms with E-state index < -0.39 is 0 Å². The topological polar surface area (TPSA) is 47.6 Å². The molecule has 0 atom stereocenters. The van der Waals surface area contributed by atoms with Crippen molar-refractivity contribution in [1.82, 2.24) is 0 Å². The average Bonchev–Trinajstić information content (AvgIpc) is 1.89. The Labute approximate surface area is 55.2 Å². The molecule has 0 unspecified atom stereocenters. The van der Waals surface area contributed by atoms with Gasteiger partial charge < -0.3 is 10.6 Å². The van der Waals surface area contributed by atoms with Gasteiger partial charge in [-0.2, -0.15) is 0 Å². The Bertz CT molecular complexity index is 99.2. The Balaban J connectivity index is 2.99. The highest BCUT2D eigenvalue weighted by atomic mass is 16.6. The standard InChI is InChI=1S/C6H12N2O/c1-2-3-6-9-8-5-4-7/h2-3,5H,4,6-7H2,1H3/b3-2+,8-5+. The lowest BCUT2D eigenvalue weighted by Crippen LogP contribution is -1.99. The van der Waals surface area contributed by atoms with Crippen molar-refractivity contribution >= 4 is 6.21 Å². The van der Waals surface area contributed by atoms with E-state index in [-0.39, 0.29) is 0 Å². The normalized spacial score (nSPS) is 11.3. The molecule has 0 aliphatic carbocycles. The van der Waals surface area contributed by atoms with Gasteiger partial charge in [-0.3, -0.25) is 0 Å². The zero-order valence-corrected chi connectivity index (χ0v) is 5.58. The largest absolute Gasteiger partial charge is 0.392 e. The summed E-state index contributed by atoms with van der Waals surface area (Å²) in [7, 11) is 0. The smallest absolute Gasteiger partial charge is 0.135 e. The molecule has 0 rings (SSSR count). The van der Waals surface area contributed by atoms with Gasteiger partial charge in [-0.1, -0.05) is 11.2 Å². The van der Waals surface area contributed by atoms with Crippen LogP contribution in [0.2, 0.25) is 0 Å². The Morgan fingerprint density at radius 1 is 1.67 bits per heavy atom. The van der Waals surface area contributed by atoms with Crippen LogP contribution in [0.4, 0.5) is 0 Å². The fourth-order valence-electron chi connectivity index (χ4n) is 0.278. The van der Waals surface area contributed by atoms with Gasteiger partial charge in [0, 0.05) is 6.54 Å². The maximum Gasteiger partial charge on any atom is 0.135 e. The van der Waals surface area contributed by atoms with Crippen LogP contribution in [-0.4, -0.2) is 19.4 Å². The summed E-state index contributed by atoms with van der Waals surface area (Å²) in [5.41, 5.74) is 5.10. The van der Waals surface area contributed by atoms with Crippen LogP contribution < -0.4 is 5.73 Å².